The molecule has 0 aliphatic carbocycles. The van der Waals surface area contributed by atoms with Crippen molar-refractivity contribution >= 4 is 5.91 Å². The lowest BCUT2D eigenvalue weighted by Gasteiger charge is -2.07. The van der Waals surface area contributed by atoms with E-state index in [2.05, 4.69) is 15.7 Å². The van der Waals surface area contributed by atoms with E-state index in [-0.39, 0.29) is 12.0 Å². The van der Waals surface area contributed by atoms with E-state index < -0.39 is 0 Å². The molecule has 0 spiro atoms. The predicted octanol–water partition coefficient (Wildman–Crippen LogP) is -0.317. The van der Waals surface area contributed by atoms with E-state index in [1.54, 1.807) is 24.9 Å². The van der Waals surface area contributed by atoms with Crippen LogP contribution in [0.5, 0.6) is 0 Å². The molecule has 0 radical (unpaired) electrons. The van der Waals surface area contributed by atoms with Crippen molar-refractivity contribution in [2.24, 2.45) is 7.05 Å². The average molecular weight is 254 g/mol. The minimum Gasteiger partial charge on any atom is -0.392 e. The molecule has 0 bridgehead atoms. The predicted molar refractivity (Wildman–Crippen MR) is 69.5 cm³/mol. The van der Waals surface area contributed by atoms with Crippen molar-refractivity contribution in [3.05, 3.63) is 17.5 Å². The summed E-state index contributed by atoms with van der Waals surface area (Å²) in [6, 6.07) is 0. The zero-order valence-electron chi connectivity index (χ0n) is 11.2. The molecule has 1 atom stereocenters. The number of rotatable bonds is 7. The number of carbonyl (C=O) groups excluding carboxylic acids is 1. The highest BCUT2D eigenvalue weighted by Crippen LogP contribution is 2.06. The molecule has 0 aromatic carbocycles. The number of hydrogen-bond donors (Lipinski definition) is 3. The highest BCUT2D eigenvalue weighted by molar-refractivity contribution is 5.95. The Hall–Kier alpha value is -1.40. The lowest BCUT2D eigenvalue weighted by Crippen LogP contribution is -2.34. The van der Waals surface area contributed by atoms with Crippen molar-refractivity contribution in [2.75, 3.05) is 19.6 Å². The first-order valence-electron chi connectivity index (χ1n) is 6.24. The number of carbonyl (C=O) groups is 1. The van der Waals surface area contributed by atoms with Crippen LogP contribution in [0.1, 0.15) is 29.9 Å². The first-order chi connectivity index (χ1) is 8.54. The second kappa shape index (κ2) is 7.13. The van der Waals surface area contributed by atoms with E-state index in [4.69, 9.17) is 5.11 Å². The maximum Gasteiger partial charge on any atom is 0.254 e. The van der Waals surface area contributed by atoms with Gasteiger partial charge in [-0.15, -0.1) is 0 Å². The Labute approximate surface area is 107 Å². The van der Waals surface area contributed by atoms with Gasteiger partial charge in [-0.25, -0.2) is 0 Å². The molecule has 3 N–H and O–H groups in total. The van der Waals surface area contributed by atoms with Crippen molar-refractivity contribution < 1.29 is 9.90 Å². The van der Waals surface area contributed by atoms with Crippen LogP contribution in [0.25, 0.3) is 0 Å². The number of amides is 1. The fourth-order valence-corrected chi connectivity index (χ4v) is 1.66. The summed E-state index contributed by atoms with van der Waals surface area (Å²) in [4.78, 5) is 11.9. The Bertz CT molecular complexity index is 387. The Kier molecular flexibility index (Phi) is 5.80. The number of aliphatic hydroxyl groups is 1. The molecule has 0 aliphatic rings. The molecule has 1 amide bonds. The second-order valence-electron chi connectivity index (χ2n) is 4.33. The number of nitrogens with one attached hydrogen (secondary N) is 2. The van der Waals surface area contributed by atoms with Crippen molar-refractivity contribution in [3.8, 4) is 0 Å². The van der Waals surface area contributed by atoms with Gasteiger partial charge in [-0.2, -0.15) is 5.10 Å². The van der Waals surface area contributed by atoms with Crippen molar-refractivity contribution in [1.82, 2.24) is 20.4 Å². The maximum absolute atomic E-state index is 11.9. The monoisotopic (exact) mass is 254 g/mol. The molecule has 0 aliphatic heterocycles. The summed E-state index contributed by atoms with van der Waals surface area (Å²) < 4.78 is 1.65. The van der Waals surface area contributed by atoms with Crippen LogP contribution in [0.3, 0.4) is 0 Å². The third kappa shape index (κ3) is 4.46. The molecule has 1 aromatic rings. The molecular weight excluding hydrogens is 232 g/mol. The van der Waals surface area contributed by atoms with E-state index in [1.165, 1.54) is 0 Å². The van der Waals surface area contributed by atoms with Gasteiger partial charge in [0.1, 0.15) is 0 Å². The molecule has 0 saturated carbocycles. The topological polar surface area (TPSA) is 79.2 Å². The summed E-state index contributed by atoms with van der Waals surface area (Å²) in [5, 5.41) is 19.1. The van der Waals surface area contributed by atoms with Gasteiger partial charge in [-0.1, -0.05) is 6.92 Å². The Morgan fingerprint density at radius 3 is 2.89 bits per heavy atom. The quantitative estimate of drug-likeness (QED) is 0.583. The van der Waals surface area contributed by atoms with Crippen LogP contribution < -0.4 is 10.6 Å². The molecule has 6 nitrogen and oxygen atoms in total. The van der Waals surface area contributed by atoms with Crippen LogP contribution in [0, 0.1) is 0 Å². The Balaban J connectivity index is 2.36. The largest absolute Gasteiger partial charge is 0.392 e. The van der Waals surface area contributed by atoms with Gasteiger partial charge in [0.05, 0.1) is 17.4 Å². The van der Waals surface area contributed by atoms with Gasteiger partial charge < -0.3 is 15.7 Å². The van der Waals surface area contributed by atoms with Crippen molar-refractivity contribution in [3.63, 3.8) is 0 Å². The molecule has 18 heavy (non-hydrogen) atoms. The van der Waals surface area contributed by atoms with E-state index in [0.717, 1.165) is 12.1 Å². The number of aryl methyl sites for hydroxylation is 2. The summed E-state index contributed by atoms with van der Waals surface area (Å²) in [6.45, 7) is 5.39. The minimum absolute atomic E-state index is 0.0983. The van der Waals surface area contributed by atoms with Crippen molar-refractivity contribution in [2.45, 2.75) is 26.4 Å². The van der Waals surface area contributed by atoms with Crippen LogP contribution in [0.4, 0.5) is 0 Å². The average Bonchev–Trinajstić information content (AvgIpc) is 2.69. The van der Waals surface area contributed by atoms with Gasteiger partial charge in [0.2, 0.25) is 0 Å². The highest BCUT2D eigenvalue weighted by Gasteiger charge is 2.13. The normalized spacial score (nSPS) is 12.4. The second-order valence-corrected chi connectivity index (χ2v) is 4.33. The minimum atomic E-state index is -0.370. The Morgan fingerprint density at radius 2 is 2.28 bits per heavy atom. The summed E-state index contributed by atoms with van der Waals surface area (Å²) >= 11 is 0. The van der Waals surface area contributed by atoms with E-state index in [9.17, 15) is 4.79 Å². The lowest BCUT2D eigenvalue weighted by atomic mass is 10.2. The van der Waals surface area contributed by atoms with Crippen LogP contribution in [-0.4, -0.2) is 46.5 Å². The van der Waals surface area contributed by atoms with Gasteiger partial charge in [-0.3, -0.25) is 9.48 Å². The molecule has 1 aromatic heterocycles. The smallest absolute Gasteiger partial charge is 0.254 e. The molecule has 0 fully saturated rings. The number of aliphatic hydroxyl groups excluding tert-OH is 1. The summed E-state index contributed by atoms with van der Waals surface area (Å²) in [5.74, 6) is -0.0983. The standard InChI is InChI=1S/C12H22N4O2/c1-4-11-10(8-16(3)15-11)12(18)14-6-5-13-7-9(2)17/h8-9,13,17H,4-7H2,1-3H3,(H,14,18). The lowest BCUT2D eigenvalue weighted by molar-refractivity contribution is 0.0952. The fourth-order valence-electron chi connectivity index (χ4n) is 1.66. The summed E-state index contributed by atoms with van der Waals surface area (Å²) in [5.41, 5.74) is 1.45. The number of hydrogen-bond acceptors (Lipinski definition) is 4. The summed E-state index contributed by atoms with van der Waals surface area (Å²) in [6.07, 6.45) is 2.10. The zero-order valence-corrected chi connectivity index (χ0v) is 11.2. The van der Waals surface area contributed by atoms with Crippen LogP contribution in [-0.2, 0) is 13.5 Å². The molecule has 102 valence electrons. The maximum atomic E-state index is 11.9. The fraction of sp³-hybridized carbons (Fsp3) is 0.667. The van der Waals surface area contributed by atoms with Crippen LogP contribution in [0.2, 0.25) is 0 Å². The first kappa shape index (κ1) is 14.7. The molecule has 1 heterocycles. The van der Waals surface area contributed by atoms with E-state index >= 15 is 0 Å². The van der Waals surface area contributed by atoms with Gasteiger partial charge in [0, 0.05) is 32.9 Å². The first-order valence-corrected chi connectivity index (χ1v) is 6.24. The van der Waals surface area contributed by atoms with Gasteiger partial charge in [0.25, 0.3) is 5.91 Å². The van der Waals surface area contributed by atoms with Gasteiger partial charge in [0.15, 0.2) is 0 Å². The number of aromatic nitrogens is 2. The van der Waals surface area contributed by atoms with E-state index in [1.807, 2.05) is 6.92 Å². The molecule has 1 rings (SSSR count). The van der Waals surface area contributed by atoms with Gasteiger partial charge >= 0.3 is 0 Å². The van der Waals surface area contributed by atoms with Crippen molar-refractivity contribution in [1.29, 1.82) is 0 Å². The third-order valence-corrected chi connectivity index (χ3v) is 2.51. The molecular formula is C12H22N4O2. The highest BCUT2D eigenvalue weighted by atomic mass is 16.3. The van der Waals surface area contributed by atoms with E-state index in [0.29, 0.717) is 25.2 Å². The third-order valence-electron chi connectivity index (χ3n) is 2.51. The summed E-state index contributed by atoms with van der Waals surface area (Å²) in [7, 11) is 1.81. The SMILES string of the molecule is CCc1nn(C)cc1C(=O)NCCNCC(C)O. The molecule has 1 unspecified atom stereocenters. The molecule has 6 heteroatoms. The van der Waals surface area contributed by atoms with Crippen LogP contribution in [0.15, 0.2) is 6.20 Å². The Morgan fingerprint density at radius 1 is 1.56 bits per heavy atom. The van der Waals surface area contributed by atoms with Crippen LogP contribution >= 0.6 is 0 Å². The molecule has 0 saturated heterocycles. The van der Waals surface area contributed by atoms with Gasteiger partial charge in [-0.05, 0) is 13.3 Å². The number of nitrogens with zero attached hydrogens (tertiary/aromatic N) is 2. The zero-order chi connectivity index (χ0) is 13.5.